The molecule has 0 amide bonds. The van der Waals surface area contributed by atoms with E-state index in [1.54, 1.807) is 6.20 Å². The number of hydrogen-bond acceptors (Lipinski definition) is 2. The predicted octanol–water partition coefficient (Wildman–Crippen LogP) is 3.19. The second-order valence-electron chi connectivity index (χ2n) is 3.74. The monoisotopic (exact) mass is 223 g/mol. The standard InChI is InChI=1S/C12H17NOS/c1-3-4-5-6-10-9(2)7-13-8-11(10)12(14)15/h7-8H,3-6H2,1-2H3,(H,14,15). The van der Waals surface area contributed by atoms with E-state index in [0.717, 1.165) is 24.0 Å². The zero-order valence-corrected chi connectivity index (χ0v) is 10.2. The van der Waals surface area contributed by atoms with E-state index in [2.05, 4.69) is 24.5 Å². The van der Waals surface area contributed by atoms with Crippen LogP contribution in [-0.2, 0) is 6.42 Å². The number of thiol groups is 1. The maximum absolute atomic E-state index is 11.3. The Labute approximate surface area is 96.5 Å². The lowest BCUT2D eigenvalue weighted by Gasteiger charge is -2.08. The first-order chi connectivity index (χ1) is 7.16. The Morgan fingerprint density at radius 3 is 2.73 bits per heavy atom. The summed E-state index contributed by atoms with van der Waals surface area (Å²) < 4.78 is 0. The lowest BCUT2D eigenvalue weighted by atomic mass is 10.00. The van der Waals surface area contributed by atoms with E-state index < -0.39 is 0 Å². The lowest BCUT2D eigenvalue weighted by Crippen LogP contribution is -2.02. The molecule has 0 aliphatic carbocycles. The fourth-order valence-electron chi connectivity index (χ4n) is 1.66. The second-order valence-corrected chi connectivity index (χ2v) is 4.15. The fourth-order valence-corrected chi connectivity index (χ4v) is 1.85. The van der Waals surface area contributed by atoms with E-state index in [4.69, 9.17) is 0 Å². The van der Waals surface area contributed by atoms with Crippen molar-refractivity contribution in [1.82, 2.24) is 4.98 Å². The van der Waals surface area contributed by atoms with Crippen LogP contribution in [0.5, 0.6) is 0 Å². The van der Waals surface area contributed by atoms with Crippen molar-refractivity contribution in [3.05, 3.63) is 29.1 Å². The van der Waals surface area contributed by atoms with Gasteiger partial charge in [-0.2, -0.15) is 0 Å². The summed E-state index contributed by atoms with van der Waals surface area (Å²) in [6, 6.07) is 0. The van der Waals surface area contributed by atoms with Gasteiger partial charge in [0.15, 0.2) is 0 Å². The van der Waals surface area contributed by atoms with Gasteiger partial charge in [0, 0.05) is 12.4 Å². The number of aromatic nitrogens is 1. The molecule has 1 aromatic rings. The number of pyridine rings is 1. The molecular formula is C12H17NOS. The molecule has 1 heterocycles. The highest BCUT2D eigenvalue weighted by Crippen LogP contribution is 2.17. The van der Waals surface area contributed by atoms with Crippen LogP contribution in [0.2, 0.25) is 0 Å². The van der Waals surface area contributed by atoms with Crippen LogP contribution >= 0.6 is 12.6 Å². The first-order valence-electron chi connectivity index (χ1n) is 5.33. The molecule has 0 fully saturated rings. The van der Waals surface area contributed by atoms with Crippen molar-refractivity contribution in [2.75, 3.05) is 0 Å². The first-order valence-corrected chi connectivity index (χ1v) is 5.78. The molecule has 0 radical (unpaired) electrons. The van der Waals surface area contributed by atoms with Crippen LogP contribution in [0, 0.1) is 6.92 Å². The fraction of sp³-hybridized carbons (Fsp3) is 0.500. The topological polar surface area (TPSA) is 30.0 Å². The van der Waals surface area contributed by atoms with E-state index in [9.17, 15) is 4.79 Å². The molecule has 0 spiro atoms. The van der Waals surface area contributed by atoms with Crippen LogP contribution in [0.3, 0.4) is 0 Å². The van der Waals surface area contributed by atoms with Gasteiger partial charge in [-0.05, 0) is 30.9 Å². The highest BCUT2D eigenvalue weighted by Gasteiger charge is 2.10. The molecule has 0 saturated carbocycles. The average molecular weight is 223 g/mol. The number of nitrogens with zero attached hydrogens (tertiary/aromatic N) is 1. The zero-order chi connectivity index (χ0) is 11.3. The normalized spacial score (nSPS) is 10.3. The van der Waals surface area contributed by atoms with Crippen molar-refractivity contribution in [1.29, 1.82) is 0 Å². The van der Waals surface area contributed by atoms with Crippen molar-refractivity contribution < 1.29 is 4.79 Å². The third kappa shape index (κ3) is 3.34. The Morgan fingerprint density at radius 2 is 2.13 bits per heavy atom. The van der Waals surface area contributed by atoms with Gasteiger partial charge in [-0.25, -0.2) is 0 Å². The van der Waals surface area contributed by atoms with Gasteiger partial charge < -0.3 is 0 Å². The predicted molar refractivity (Wildman–Crippen MR) is 65.5 cm³/mol. The Balaban J connectivity index is 2.87. The van der Waals surface area contributed by atoms with Crippen LogP contribution in [0.25, 0.3) is 0 Å². The van der Waals surface area contributed by atoms with E-state index in [1.807, 2.05) is 13.1 Å². The van der Waals surface area contributed by atoms with Crippen molar-refractivity contribution in [3.8, 4) is 0 Å². The molecule has 0 saturated heterocycles. The largest absolute Gasteiger partial charge is 0.282 e. The molecule has 0 bridgehead atoms. The average Bonchev–Trinajstić information content (AvgIpc) is 2.20. The van der Waals surface area contributed by atoms with Gasteiger partial charge in [0.1, 0.15) is 0 Å². The van der Waals surface area contributed by atoms with Crippen LogP contribution in [0.15, 0.2) is 12.4 Å². The van der Waals surface area contributed by atoms with Crippen molar-refractivity contribution in [2.45, 2.75) is 39.5 Å². The molecule has 0 N–H and O–H groups in total. The van der Waals surface area contributed by atoms with Gasteiger partial charge in [-0.1, -0.05) is 19.8 Å². The SMILES string of the molecule is CCCCCc1c(C)cncc1C(=O)S. The van der Waals surface area contributed by atoms with Crippen molar-refractivity contribution in [2.24, 2.45) is 0 Å². The molecule has 82 valence electrons. The number of rotatable bonds is 5. The minimum atomic E-state index is -0.183. The second kappa shape index (κ2) is 5.91. The summed E-state index contributed by atoms with van der Waals surface area (Å²) >= 11 is 3.87. The summed E-state index contributed by atoms with van der Waals surface area (Å²) in [4.78, 5) is 15.3. The Hall–Kier alpha value is -0.830. The summed E-state index contributed by atoms with van der Waals surface area (Å²) in [7, 11) is 0. The van der Waals surface area contributed by atoms with E-state index >= 15 is 0 Å². The van der Waals surface area contributed by atoms with Crippen LogP contribution in [0.1, 0.15) is 47.7 Å². The van der Waals surface area contributed by atoms with Gasteiger partial charge in [0.25, 0.3) is 0 Å². The third-order valence-electron chi connectivity index (χ3n) is 2.53. The van der Waals surface area contributed by atoms with Gasteiger partial charge >= 0.3 is 0 Å². The first kappa shape index (κ1) is 12.2. The lowest BCUT2D eigenvalue weighted by molar-refractivity contribution is 0.109. The minimum Gasteiger partial charge on any atom is -0.282 e. The molecule has 0 aromatic carbocycles. The van der Waals surface area contributed by atoms with E-state index in [-0.39, 0.29) is 5.12 Å². The molecule has 0 atom stereocenters. The van der Waals surface area contributed by atoms with Crippen LogP contribution in [0.4, 0.5) is 0 Å². The number of unbranched alkanes of at least 4 members (excludes halogenated alkanes) is 2. The molecule has 0 aliphatic heterocycles. The number of hydrogen-bond donors (Lipinski definition) is 1. The van der Waals surface area contributed by atoms with Crippen molar-refractivity contribution >= 4 is 17.7 Å². The van der Waals surface area contributed by atoms with Gasteiger partial charge in [-0.15, -0.1) is 12.6 Å². The number of carbonyl (C=O) groups excluding carboxylic acids is 1. The molecule has 2 nitrogen and oxygen atoms in total. The molecule has 0 aliphatic rings. The Kier molecular flexibility index (Phi) is 4.82. The molecule has 1 rings (SSSR count). The summed E-state index contributed by atoms with van der Waals surface area (Å²) in [5, 5.41) is -0.183. The van der Waals surface area contributed by atoms with Gasteiger partial charge in [0.05, 0.1) is 5.56 Å². The molecular weight excluding hydrogens is 206 g/mol. The third-order valence-corrected chi connectivity index (χ3v) is 2.77. The summed E-state index contributed by atoms with van der Waals surface area (Å²) in [5.41, 5.74) is 2.86. The number of aryl methyl sites for hydroxylation is 1. The Morgan fingerprint density at radius 1 is 1.40 bits per heavy atom. The summed E-state index contributed by atoms with van der Waals surface area (Å²) in [5.74, 6) is 0. The highest BCUT2D eigenvalue weighted by molar-refractivity contribution is 7.97. The van der Waals surface area contributed by atoms with Crippen LogP contribution < -0.4 is 0 Å². The molecule has 0 unspecified atom stereocenters. The smallest absolute Gasteiger partial charge is 0.218 e. The Bertz CT molecular complexity index is 349. The molecule has 3 heteroatoms. The molecule has 1 aromatic heterocycles. The van der Waals surface area contributed by atoms with Gasteiger partial charge in [-0.3, -0.25) is 9.78 Å². The maximum Gasteiger partial charge on any atom is 0.218 e. The quantitative estimate of drug-likeness (QED) is 0.613. The summed E-state index contributed by atoms with van der Waals surface area (Å²) in [6.45, 7) is 4.17. The van der Waals surface area contributed by atoms with Gasteiger partial charge in [0.2, 0.25) is 5.12 Å². The van der Waals surface area contributed by atoms with E-state index in [0.29, 0.717) is 5.56 Å². The maximum atomic E-state index is 11.3. The summed E-state index contributed by atoms with van der Waals surface area (Å²) in [6.07, 6.45) is 7.88. The van der Waals surface area contributed by atoms with Crippen LogP contribution in [-0.4, -0.2) is 10.1 Å². The minimum absolute atomic E-state index is 0.183. The number of carbonyl (C=O) groups is 1. The van der Waals surface area contributed by atoms with Crippen molar-refractivity contribution in [3.63, 3.8) is 0 Å². The highest BCUT2D eigenvalue weighted by atomic mass is 32.1. The van der Waals surface area contributed by atoms with E-state index in [1.165, 1.54) is 12.8 Å². The molecule has 15 heavy (non-hydrogen) atoms. The zero-order valence-electron chi connectivity index (χ0n) is 9.29.